The molecule has 0 spiro atoms. The van der Waals surface area contributed by atoms with Gasteiger partial charge in [0.25, 0.3) is 0 Å². The van der Waals surface area contributed by atoms with Gasteiger partial charge in [-0.25, -0.2) is 0 Å². The van der Waals surface area contributed by atoms with Crippen molar-refractivity contribution in [2.24, 2.45) is 17.7 Å². The third kappa shape index (κ3) is 2.19. The molecule has 0 aliphatic heterocycles. The van der Waals surface area contributed by atoms with Gasteiger partial charge in [0.05, 0.1) is 11.6 Å². The van der Waals surface area contributed by atoms with Crippen LogP contribution in [0.2, 0.25) is 0 Å². The molecule has 15 heavy (non-hydrogen) atoms. The lowest BCUT2D eigenvalue weighted by atomic mass is 9.73. The minimum absolute atomic E-state index is 0.00752. The first-order chi connectivity index (χ1) is 7.22. The Morgan fingerprint density at radius 3 is 2.60 bits per heavy atom. The number of hydrogen-bond acceptors (Lipinski definition) is 3. The average Bonchev–Trinajstić information content (AvgIpc) is 3.03. The smallest absolute Gasteiger partial charge is 0.0849 e. The number of nitrogens with one attached hydrogen (secondary N) is 1. The third-order valence-corrected chi connectivity index (χ3v) is 4.24. The van der Waals surface area contributed by atoms with Crippen molar-refractivity contribution in [1.82, 2.24) is 5.43 Å². The molecule has 0 aromatic carbocycles. The van der Waals surface area contributed by atoms with E-state index in [0.29, 0.717) is 6.04 Å². The van der Waals surface area contributed by atoms with E-state index in [1.165, 1.54) is 32.1 Å². The molecule has 3 heteroatoms. The summed E-state index contributed by atoms with van der Waals surface area (Å²) < 4.78 is 5.86. The molecule has 0 aromatic heterocycles. The van der Waals surface area contributed by atoms with Gasteiger partial charge in [-0.3, -0.25) is 11.3 Å². The predicted molar refractivity (Wildman–Crippen MR) is 61.2 cm³/mol. The van der Waals surface area contributed by atoms with Gasteiger partial charge in [-0.2, -0.15) is 0 Å². The number of rotatable bonds is 4. The highest BCUT2D eigenvalue weighted by atomic mass is 16.5. The second-order valence-corrected chi connectivity index (χ2v) is 5.45. The minimum Gasteiger partial charge on any atom is -0.377 e. The van der Waals surface area contributed by atoms with Crippen LogP contribution in [0.5, 0.6) is 0 Å². The van der Waals surface area contributed by atoms with Crippen molar-refractivity contribution in [3.63, 3.8) is 0 Å². The van der Waals surface area contributed by atoms with Crippen LogP contribution in [-0.4, -0.2) is 18.8 Å². The largest absolute Gasteiger partial charge is 0.377 e. The molecular formula is C12H24N2O. The molecule has 0 heterocycles. The summed E-state index contributed by atoms with van der Waals surface area (Å²) in [6.07, 6.45) is 7.57. The van der Waals surface area contributed by atoms with Crippen LogP contribution in [0.4, 0.5) is 0 Å². The van der Waals surface area contributed by atoms with Crippen LogP contribution in [0, 0.1) is 11.8 Å². The number of hydrogen-bond donors (Lipinski definition) is 2. The van der Waals surface area contributed by atoms with Gasteiger partial charge in [0, 0.05) is 7.11 Å². The normalized spacial score (nSPS) is 39.0. The van der Waals surface area contributed by atoms with Gasteiger partial charge in [-0.05, 0) is 37.5 Å². The van der Waals surface area contributed by atoms with Gasteiger partial charge in [0.1, 0.15) is 0 Å². The molecule has 2 saturated carbocycles. The summed E-state index contributed by atoms with van der Waals surface area (Å²) in [6.45, 7) is 2.33. The summed E-state index contributed by atoms with van der Waals surface area (Å²) in [6, 6.07) is 0.366. The lowest BCUT2D eigenvalue weighted by Crippen LogP contribution is -2.57. The molecule has 3 nitrogen and oxygen atoms in total. The molecule has 0 aromatic rings. The van der Waals surface area contributed by atoms with Crippen LogP contribution in [-0.2, 0) is 4.74 Å². The highest BCUT2D eigenvalue weighted by Gasteiger charge is 2.48. The Morgan fingerprint density at radius 2 is 2.13 bits per heavy atom. The maximum Gasteiger partial charge on any atom is 0.0849 e. The SMILES string of the molecule is COC1(C(NN)C2CC2)CCCC(C)C1. The lowest BCUT2D eigenvalue weighted by Gasteiger charge is -2.44. The summed E-state index contributed by atoms with van der Waals surface area (Å²) in [5, 5.41) is 0. The van der Waals surface area contributed by atoms with Gasteiger partial charge < -0.3 is 4.74 Å². The van der Waals surface area contributed by atoms with Gasteiger partial charge in [0.2, 0.25) is 0 Å². The number of ether oxygens (including phenoxy) is 1. The first kappa shape index (κ1) is 11.4. The lowest BCUT2D eigenvalue weighted by molar-refractivity contribution is -0.0843. The fraction of sp³-hybridized carbons (Fsp3) is 1.00. The van der Waals surface area contributed by atoms with Crippen molar-refractivity contribution in [3.8, 4) is 0 Å². The highest BCUT2D eigenvalue weighted by molar-refractivity contribution is 5.02. The summed E-state index contributed by atoms with van der Waals surface area (Å²) in [5.74, 6) is 7.24. The Morgan fingerprint density at radius 1 is 1.40 bits per heavy atom. The summed E-state index contributed by atoms with van der Waals surface area (Å²) in [7, 11) is 1.85. The highest BCUT2D eigenvalue weighted by Crippen LogP contribution is 2.45. The fourth-order valence-corrected chi connectivity index (χ4v) is 3.29. The third-order valence-electron chi connectivity index (χ3n) is 4.24. The number of methoxy groups -OCH3 is 1. The first-order valence-corrected chi connectivity index (χ1v) is 6.23. The van der Waals surface area contributed by atoms with E-state index in [2.05, 4.69) is 12.3 Å². The molecule has 88 valence electrons. The molecular weight excluding hydrogens is 188 g/mol. The number of hydrazine groups is 1. The van der Waals surface area contributed by atoms with Gasteiger partial charge in [-0.15, -0.1) is 0 Å². The van der Waals surface area contributed by atoms with Crippen LogP contribution in [0.25, 0.3) is 0 Å². The molecule has 0 amide bonds. The van der Waals surface area contributed by atoms with Crippen LogP contribution >= 0.6 is 0 Å². The molecule has 2 aliphatic rings. The molecule has 2 aliphatic carbocycles. The maximum atomic E-state index is 5.86. The van der Waals surface area contributed by atoms with E-state index >= 15 is 0 Å². The van der Waals surface area contributed by atoms with E-state index < -0.39 is 0 Å². The Balaban J connectivity index is 2.10. The fourth-order valence-electron chi connectivity index (χ4n) is 3.29. The molecule has 0 saturated heterocycles. The van der Waals surface area contributed by atoms with Crippen LogP contribution in [0.15, 0.2) is 0 Å². The van der Waals surface area contributed by atoms with E-state index in [-0.39, 0.29) is 5.60 Å². The minimum atomic E-state index is 0.00752. The van der Waals surface area contributed by atoms with Crippen LogP contribution < -0.4 is 11.3 Å². The molecule has 3 unspecified atom stereocenters. The van der Waals surface area contributed by atoms with Crippen molar-refractivity contribution in [2.45, 2.75) is 57.1 Å². The molecule has 0 bridgehead atoms. The first-order valence-electron chi connectivity index (χ1n) is 6.23. The van der Waals surface area contributed by atoms with Crippen LogP contribution in [0.1, 0.15) is 45.4 Å². The number of nitrogens with two attached hydrogens (primary N) is 1. The second kappa shape index (κ2) is 4.40. The summed E-state index contributed by atoms with van der Waals surface area (Å²) >= 11 is 0. The van der Waals surface area contributed by atoms with E-state index in [0.717, 1.165) is 18.3 Å². The second-order valence-electron chi connectivity index (χ2n) is 5.45. The zero-order chi connectivity index (χ0) is 10.9. The summed E-state index contributed by atoms with van der Waals surface area (Å²) in [4.78, 5) is 0. The zero-order valence-corrected chi connectivity index (χ0v) is 9.96. The zero-order valence-electron chi connectivity index (χ0n) is 9.96. The maximum absolute atomic E-state index is 5.86. The monoisotopic (exact) mass is 212 g/mol. The van der Waals surface area contributed by atoms with E-state index in [4.69, 9.17) is 10.6 Å². The van der Waals surface area contributed by atoms with Crippen molar-refractivity contribution < 1.29 is 4.74 Å². The average molecular weight is 212 g/mol. The Bertz CT molecular complexity index is 218. The van der Waals surface area contributed by atoms with Crippen molar-refractivity contribution >= 4 is 0 Å². The van der Waals surface area contributed by atoms with Crippen molar-refractivity contribution in [1.29, 1.82) is 0 Å². The molecule has 3 N–H and O–H groups in total. The van der Waals surface area contributed by atoms with Gasteiger partial charge in [0.15, 0.2) is 0 Å². The standard InChI is InChI=1S/C12H24N2O/c1-9-4-3-7-12(8-9,15-2)11(14-13)10-5-6-10/h9-11,14H,3-8,13H2,1-2H3. The van der Waals surface area contributed by atoms with Gasteiger partial charge >= 0.3 is 0 Å². The van der Waals surface area contributed by atoms with E-state index in [1.54, 1.807) is 0 Å². The quantitative estimate of drug-likeness (QED) is 0.552. The summed E-state index contributed by atoms with van der Waals surface area (Å²) in [5.41, 5.74) is 3.03. The van der Waals surface area contributed by atoms with E-state index in [9.17, 15) is 0 Å². The molecule has 0 radical (unpaired) electrons. The predicted octanol–water partition coefficient (Wildman–Crippen LogP) is 1.82. The van der Waals surface area contributed by atoms with Crippen LogP contribution in [0.3, 0.4) is 0 Å². The molecule has 2 fully saturated rings. The van der Waals surface area contributed by atoms with Gasteiger partial charge in [-0.1, -0.05) is 19.8 Å². The van der Waals surface area contributed by atoms with E-state index in [1.807, 2.05) is 7.11 Å². The Labute approximate surface area is 92.7 Å². The molecule has 3 atom stereocenters. The molecule has 2 rings (SSSR count). The topological polar surface area (TPSA) is 47.3 Å². The van der Waals surface area contributed by atoms with Crippen molar-refractivity contribution in [2.75, 3.05) is 7.11 Å². The Hall–Kier alpha value is -0.120. The Kier molecular flexibility index (Phi) is 3.33. The van der Waals surface area contributed by atoms with Crippen molar-refractivity contribution in [3.05, 3.63) is 0 Å².